The highest BCUT2D eigenvalue weighted by Crippen LogP contribution is 2.07. The van der Waals surface area contributed by atoms with Gasteiger partial charge in [0, 0.05) is 18.6 Å². The van der Waals surface area contributed by atoms with Crippen LogP contribution in [0.15, 0.2) is 36.9 Å². The van der Waals surface area contributed by atoms with Crippen LogP contribution in [0.25, 0.3) is 0 Å². The fraction of sp³-hybridized carbons (Fsp3) is 0.0769. The maximum absolute atomic E-state index is 12.1. The van der Waals surface area contributed by atoms with E-state index in [1.807, 2.05) is 0 Å². The lowest BCUT2D eigenvalue weighted by molar-refractivity contribution is 0.102. The van der Waals surface area contributed by atoms with Gasteiger partial charge in [-0.2, -0.15) is 0 Å². The SMILES string of the molecule is NCC#Cc1cccnc1C(=O)Nc1cnccn1. The van der Waals surface area contributed by atoms with Crippen LogP contribution in [0, 0.1) is 11.8 Å². The number of nitrogens with zero attached hydrogens (tertiary/aromatic N) is 3. The minimum atomic E-state index is -0.387. The molecule has 0 radical (unpaired) electrons. The van der Waals surface area contributed by atoms with E-state index in [-0.39, 0.29) is 18.1 Å². The molecule has 2 rings (SSSR count). The van der Waals surface area contributed by atoms with E-state index >= 15 is 0 Å². The second kappa shape index (κ2) is 6.23. The summed E-state index contributed by atoms with van der Waals surface area (Å²) in [6.45, 7) is 0.222. The average molecular weight is 253 g/mol. The molecule has 2 heterocycles. The highest BCUT2D eigenvalue weighted by Gasteiger charge is 2.12. The molecule has 0 atom stereocenters. The summed E-state index contributed by atoms with van der Waals surface area (Å²) in [5.74, 6) is 5.47. The van der Waals surface area contributed by atoms with Gasteiger partial charge in [-0.1, -0.05) is 11.8 Å². The van der Waals surface area contributed by atoms with Crippen molar-refractivity contribution in [3.63, 3.8) is 0 Å². The van der Waals surface area contributed by atoms with Gasteiger partial charge in [0.05, 0.1) is 18.3 Å². The number of anilines is 1. The Balaban J connectivity index is 2.24. The van der Waals surface area contributed by atoms with Crippen molar-refractivity contribution in [3.05, 3.63) is 48.2 Å². The minimum Gasteiger partial charge on any atom is -0.320 e. The maximum atomic E-state index is 12.1. The monoisotopic (exact) mass is 253 g/mol. The van der Waals surface area contributed by atoms with Crippen molar-refractivity contribution in [3.8, 4) is 11.8 Å². The number of pyridine rings is 1. The number of carbonyl (C=O) groups is 1. The predicted octanol–water partition coefficient (Wildman–Crippen LogP) is 0.434. The molecule has 0 fully saturated rings. The van der Waals surface area contributed by atoms with Gasteiger partial charge in [-0.15, -0.1) is 0 Å². The quantitative estimate of drug-likeness (QED) is 0.757. The fourth-order valence-corrected chi connectivity index (χ4v) is 1.37. The summed E-state index contributed by atoms with van der Waals surface area (Å²) in [5.41, 5.74) is 6.07. The van der Waals surface area contributed by atoms with Crippen LogP contribution in [0.4, 0.5) is 5.82 Å². The molecule has 0 aromatic carbocycles. The van der Waals surface area contributed by atoms with Crippen molar-refractivity contribution in [2.24, 2.45) is 5.73 Å². The number of rotatable bonds is 2. The lowest BCUT2D eigenvalue weighted by atomic mass is 10.2. The molecule has 2 aromatic heterocycles. The zero-order valence-electron chi connectivity index (χ0n) is 10.00. The molecule has 0 aliphatic heterocycles. The Morgan fingerprint density at radius 2 is 2.21 bits per heavy atom. The Kier molecular flexibility index (Phi) is 4.16. The third-order valence-corrected chi connectivity index (χ3v) is 2.15. The van der Waals surface area contributed by atoms with Gasteiger partial charge in [-0.3, -0.25) is 9.78 Å². The molecule has 0 saturated heterocycles. The Labute approximate surface area is 110 Å². The molecular weight excluding hydrogens is 242 g/mol. The lowest BCUT2D eigenvalue weighted by Crippen LogP contribution is -2.16. The van der Waals surface area contributed by atoms with Gasteiger partial charge in [0.25, 0.3) is 5.91 Å². The van der Waals surface area contributed by atoms with Crippen LogP contribution in [0.2, 0.25) is 0 Å². The first-order chi connectivity index (χ1) is 9.31. The molecule has 6 heteroatoms. The number of nitrogens with one attached hydrogen (secondary N) is 1. The van der Waals surface area contributed by atoms with E-state index in [0.717, 1.165) is 0 Å². The summed E-state index contributed by atoms with van der Waals surface area (Å²) in [4.78, 5) is 23.9. The lowest BCUT2D eigenvalue weighted by Gasteiger charge is -2.04. The van der Waals surface area contributed by atoms with Gasteiger partial charge in [-0.25, -0.2) is 9.97 Å². The Hall–Kier alpha value is -2.78. The van der Waals surface area contributed by atoms with Crippen molar-refractivity contribution in [2.45, 2.75) is 0 Å². The molecule has 0 unspecified atom stereocenters. The molecule has 0 saturated carbocycles. The molecule has 19 heavy (non-hydrogen) atoms. The first kappa shape index (κ1) is 12.7. The van der Waals surface area contributed by atoms with Crippen LogP contribution < -0.4 is 11.1 Å². The molecule has 6 nitrogen and oxygen atoms in total. The first-order valence-corrected chi connectivity index (χ1v) is 5.52. The highest BCUT2D eigenvalue weighted by atomic mass is 16.1. The summed E-state index contributed by atoms with van der Waals surface area (Å²) in [6, 6.07) is 3.42. The van der Waals surface area contributed by atoms with Crippen molar-refractivity contribution in [1.82, 2.24) is 15.0 Å². The van der Waals surface area contributed by atoms with Gasteiger partial charge in [0.15, 0.2) is 5.82 Å². The molecule has 0 aliphatic rings. The number of nitrogens with two attached hydrogens (primary N) is 1. The van der Waals surface area contributed by atoms with E-state index in [0.29, 0.717) is 11.4 Å². The van der Waals surface area contributed by atoms with E-state index in [9.17, 15) is 4.79 Å². The zero-order valence-corrected chi connectivity index (χ0v) is 10.00. The first-order valence-electron chi connectivity index (χ1n) is 5.52. The normalized spacial score (nSPS) is 9.32. The van der Waals surface area contributed by atoms with Gasteiger partial charge >= 0.3 is 0 Å². The van der Waals surface area contributed by atoms with E-state index < -0.39 is 0 Å². The van der Waals surface area contributed by atoms with E-state index in [2.05, 4.69) is 32.1 Å². The number of hydrogen-bond donors (Lipinski definition) is 2. The van der Waals surface area contributed by atoms with Crippen LogP contribution >= 0.6 is 0 Å². The predicted molar refractivity (Wildman–Crippen MR) is 70.2 cm³/mol. The van der Waals surface area contributed by atoms with E-state index in [1.54, 1.807) is 12.1 Å². The molecule has 0 bridgehead atoms. The van der Waals surface area contributed by atoms with Gasteiger partial charge in [0.2, 0.25) is 0 Å². The maximum Gasteiger partial charge on any atom is 0.276 e. The van der Waals surface area contributed by atoms with Crippen molar-refractivity contribution in [2.75, 3.05) is 11.9 Å². The standard InChI is InChI=1S/C13H11N5O/c14-5-1-3-10-4-2-6-17-12(10)13(19)18-11-9-15-7-8-16-11/h2,4,6-9H,5,14H2,(H,16,18,19). The van der Waals surface area contributed by atoms with E-state index in [1.165, 1.54) is 24.8 Å². The summed E-state index contributed by atoms with van der Waals surface area (Å²) >= 11 is 0. The molecule has 2 aromatic rings. The van der Waals surface area contributed by atoms with Gasteiger partial charge in [-0.05, 0) is 12.1 Å². The van der Waals surface area contributed by atoms with Crippen LogP contribution in [-0.2, 0) is 0 Å². The number of hydrogen-bond acceptors (Lipinski definition) is 5. The Morgan fingerprint density at radius 3 is 2.95 bits per heavy atom. The van der Waals surface area contributed by atoms with Crippen molar-refractivity contribution in [1.29, 1.82) is 0 Å². The topological polar surface area (TPSA) is 93.8 Å². The van der Waals surface area contributed by atoms with E-state index in [4.69, 9.17) is 5.73 Å². The summed E-state index contributed by atoms with van der Waals surface area (Å²) < 4.78 is 0. The van der Waals surface area contributed by atoms with Crippen molar-refractivity contribution < 1.29 is 4.79 Å². The molecule has 3 N–H and O–H groups in total. The van der Waals surface area contributed by atoms with Gasteiger partial charge < -0.3 is 11.1 Å². The third-order valence-electron chi connectivity index (χ3n) is 2.15. The zero-order chi connectivity index (χ0) is 13.5. The Morgan fingerprint density at radius 1 is 1.32 bits per heavy atom. The average Bonchev–Trinajstić information content (AvgIpc) is 2.46. The minimum absolute atomic E-state index is 0.222. The molecule has 94 valence electrons. The number of amides is 1. The second-order valence-corrected chi connectivity index (χ2v) is 3.45. The third kappa shape index (κ3) is 3.34. The summed E-state index contributed by atoms with van der Waals surface area (Å²) in [7, 11) is 0. The van der Waals surface area contributed by atoms with Crippen molar-refractivity contribution >= 4 is 11.7 Å². The molecule has 0 aliphatic carbocycles. The largest absolute Gasteiger partial charge is 0.320 e. The fourth-order valence-electron chi connectivity index (χ4n) is 1.37. The number of aromatic nitrogens is 3. The smallest absolute Gasteiger partial charge is 0.276 e. The van der Waals surface area contributed by atoms with Crippen LogP contribution in [0.3, 0.4) is 0 Å². The van der Waals surface area contributed by atoms with Gasteiger partial charge in [0.1, 0.15) is 5.69 Å². The number of carbonyl (C=O) groups excluding carboxylic acids is 1. The molecule has 0 spiro atoms. The van der Waals surface area contributed by atoms with Crippen LogP contribution in [0.1, 0.15) is 16.1 Å². The second-order valence-electron chi connectivity index (χ2n) is 3.45. The molecular formula is C13H11N5O. The van der Waals surface area contributed by atoms with Crippen LogP contribution in [0.5, 0.6) is 0 Å². The Bertz CT molecular complexity index is 630. The summed E-state index contributed by atoms with van der Waals surface area (Å²) in [5, 5.41) is 2.60. The highest BCUT2D eigenvalue weighted by molar-refractivity contribution is 6.03. The summed E-state index contributed by atoms with van der Waals surface area (Å²) in [6.07, 6.45) is 5.99. The van der Waals surface area contributed by atoms with Crippen LogP contribution in [-0.4, -0.2) is 27.4 Å². The molecule has 1 amide bonds.